The molecule has 1 N–H and O–H groups in total. The number of nitrogens with one attached hydrogen (secondary N) is 1. The Morgan fingerprint density at radius 2 is 1.95 bits per heavy atom. The highest BCUT2D eigenvalue weighted by Gasteiger charge is 2.30. The van der Waals surface area contributed by atoms with Gasteiger partial charge in [-0.05, 0) is 72.4 Å². The first-order valence-corrected chi connectivity index (χ1v) is 9.65. The Balaban J connectivity index is 0.00000242. The Hall–Kier alpha value is -0.140. The molecule has 1 fully saturated rings. The Labute approximate surface area is 148 Å². The number of halogens is 2. The summed E-state index contributed by atoms with van der Waals surface area (Å²) in [4.78, 5) is 0.373. The van der Waals surface area contributed by atoms with E-state index in [0.29, 0.717) is 28.4 Å². The van der Waals surface area contributed by atoms with Crippen molar-refractivity contribution in [1.29, 1.82) is 0 Å². The van der Waals surface area contributed by atoms with Crippen LogP contribution in [0.3, 0.4) is 0 Å². The maximum Gasteiger partial charge on any atom is 0.244 e. The van der Waals surface area contributed by atoms with Crippen LogP contribution < -0.4 is 5.32 Å². The van der Waals surface area contributed by atoms with Crippen LogP contribution in [0.25, 0.3) is 0 Å². The lowest BCUT2D eigenvalue weighted by Gasteiger charge is -2.31. The molecule has 1 aromatic carbocycles. The largest absolute Gasteiger partial charge is 0.317 e. The first kappa shape index (κ1) is 19.9. The molecule has 1 saturated heterocycles. The summed E-state index contributed by atoms with van der Waals surface area (Å²) in [5, 5.41) is 3.34. The van der Waals surface area contributed by atoms with Gasteiger partial charge in [-0.2, -0.15) is 4.31 Å². The fourth-order valence-electron chi connectivity index (χ4n) is 2.66. The van der Waals surface area contributed by atoms with E-state index in [4.69, 9.17) is 0 Å². The van der Waals surface area contributed by atoms with Crippen molar-refractivity contribution < 1.29 is 8.42 Å². The molecular weight excluding hydrogens is 388 g/mol. The zero-order chi connectivity index (χ0) is 15.5. The standard InChI is InChI=1S/C15H23BrN2O2S.ClH/c1-3-17-11-13-6-8-18(9-7-13)21(19,20)15-5-4-12(2)10-14(15)16;/h4-5,10,13,17H,3,6-9,11H2,1-2H3;1H. The number of aryl methyl sites for hydroxylation is 1. The second-order valence-corrected chi connectivity index (χ2v) is 8.35. The van der Waals surface area contributed by atoms with E-state index in [9.17, 15) is 8.42 Å². The molecule has 0 unspecified atom stereocenters. The van der Waals surface area contributed by atoms with Gasteiger partial charge in [-0.1, -0.05) is 13.0 Å². The summed E-state index contributed by atoms with van der Waals surface area (Å²) in [6, 6.07) is 5.39. The molecule has 1 aromatic rings. The molecule has 4 nitrogen and oxygen atoms in total. The SMILES string of the molecule is CCNCC1CCN(S(=O)(=O)c2ccc(C)cc2Br)CC1.Cl. The quantitative estimate of drug-likeness (QED) is 0.809. The lowest BCUT2D eigenvalue weighted by atomic mass is 9.98. The van der Waals surface area contributed by atoms with Crippen molar-refractivity contribution in [3.8, 4) is 0 Å². The highest BCUT2D eigenvalue weighted by atomic mass is 79.9. The molecule has 0 saturated carbocycles. The molecule has 0 aliphatic carbocycles. The van der Waals surface area contributed by atoms with Gasteiger partial charge in [-0.25, -0.2) is 8.42 Å². The van der Waals surface area contributed by atoms with E-state index in [-0.39, 0.29) is 12.4 Å². The summed E-state index contributed by atoms with van der Waals surface area (Å²) in [7, 11) is -3.39. The monoisotopic (exact) mass is 410 g/mol. The summed E-state index contributed by atoms with van der Waals surface area (Å²) in [6.45, 7) is 7.22. The summed E-state index contributed by atoms with van der Waals surface area (Å²) in [6.07, 6.45) is 1.85. The molecule has 0 radical (unpaired) electrons. The van der Waals surface area contributed by atoms with Crippen LogP contribution in [-0.2, 0) is 10.0 Å². The number of benzene rings is 1. The van der Waals surface area contributed by atoms with Crippen LogP contribution in [0.4, 0.5) is 0 Å². The zero-order valence-corrected chi connectivity index (χ0v) is 16.2. The van der Waals surface area contributed by atoms with Gasteiger partial charge in [0.05, 0.1) is 4.90 Å². The first-order valence-electron chi connectivity index (χ1n) is 7.42. The second-order valence-electron chi connectivity index (χ2n) is 5.59. The maximum atomic E-state index is 12.7. The second kappa shape index (κ2) is 8.64. The van der Waals surface area contributed by atoms with E-state index >= 15 is 0 Å². The predicted molar refractivity (Wildman–Crippen MR) is 96.2 cm³/mol. The minimum absolute atomic E-state index is 0. The Kier molecular flexibility index (Phi) is 7.82. The van der Waals surface area contributed by atoms with Crippen LogP contribution in [-0.4, -0.2) is 38.9 Å². The summed E-state index contributed by atoms with van der Waals surface area (Å²) in [5.41, 5.74) is 1.05. The van der Waals surface area contributed by atoms with Crippen molar-refractivity contribution in [1.82, 2.24) is 9.62 Å². The third-order valence-corrected chi connectivity index (χ3v) is 6.84. The van der Waals surface area contributed by atoms with Gasteiger partial charge >= 0.3 is 0 Å². The molecule has 22 heavy (non-hydrogen) atoms. The third-order valence-electron chi connectivity index (χ3n) is 3.96. The molecule has 0 spiro atoms. The van der Waals surface area contributed by atoms with E-state index < -0.39 is 10.0 Å². The minimum atomic E-state index is -3.39. The van der Waals surface area contributed by atoms with Gasteiger partial charge < -0.3 is 5.32 Å². The Morgan fingerprint density at radius 1 is 1.32 bits per heavy atom. The molecule has 0 amide bonds. The van der Waals surface area contributed by atoms with E-state index in [1.807, 2.05) is 19.1 Å². The van der Waals surface area contributed by atoms with Crippen molar-refractivity contribution in [2.24, 2.45) is 5.92 Å². The van der Waals surface area contributed by atoms with Crippen molar-refractivity contribution in [3.63, 3.8) is 0 Å². The molecule has 0 aromatic heterocycles. The number of piperidine rings is 1. The maximum absolute atomic E-state index is 12.7. The van der Waals surface area contributed by atoms with Crippen molar-refractivity contribution in [3.05, 3.63) is 28.2 Å². The first-order chi connectivity index (χ1) is 9.95. The van der Waals surface area contributed by atoms with Gasteiger partial charge in [-0.15, -0.1) is 12.4 Å². The average molecular weight is 412 g/mol. The topological polar surface area (TPSA) is 49.4 Å². The highest BCUT2D eigenvalue weighted by molar-refractivity contribution is 9.10. The number of sulfonamides is 1. The van der Waals surface area contributed by atoms with Crippen molar-refractivity contribution in [2.45, 2.75) is 31.6 Å². The van der Waals surface area contributed by atoms with Crippen LogP contribution in [0.2, 0.25) is 0 Å². The van der Waals surface area contributed by atoms with Crippen LogP contribution in [0.1, 0.15) is 25.3 Å². The van der Waals surface area contributed by atoms with Crippen LogP contribution >= 0.6 is 28.3 Å². The zero-order valence-electron chi connectivity index (χ0n) is 13.0. The summed E-state index contributed by atoms with van der Waals surface area (Å²) in [5.74, 6) is 0.581. The van der Waals surface area contributed by atoms with Crippen LogP contribution in [0.15, 0.2) is 27.6 Å². The molecular formula is C15H24BrClN2O2S. The Morgan fingerprint density at radius 3 is 2.50 bits per heavy atom. The highest BCUT2D eigenvalue weighted by Crippen LogP contribution is 2.29. The van der Waals surface area contributed by atoms with E-state index in [2.05, 4.69) is 28.2 Å². The van der Waals surface area contributed by atoms with Gasteiger partial charge in [0.2, 0.25) is 10.0 Å². The van der Waals surface area contributed by atoms with Gasteiger partial charge in [-0.3, -0.25) is 0 Å². The third kappa shape index (κ3) is 4.68. The van der Waals surface area contributed by atoms with Crippen LogP contribution in [0.5, 0.6) is 0 Å². The molecule has 2 rings (SSSR count). The average Bonchev–Trinajstić information content (AvgIpc) is 2.45. The minimum Gasteiger partial charge on any atom is -0.317 e. The number of hydrogen-bond acceptors (Lipinski definition) is 3. The van der Waals surface area contributed by atoms with Gasteiger partial charge in [0.1, 0.15) is 0 Å². The Bertz CT molecular complexity index is 587. The fourth-order valence-corrected chi connectivity index (χ4v) is 5.28. The van der Waals surface area contributed by atoms with Crippen molar-refractivity contribution >= 4 is 38.4 Å². The van der Waals surface area contributed by atoms with E-state index in [1.54, 1.807) is 10.4 Å². The number of nitrogens with zero attached hydrogens (tertiary/aromatic N) is 1. The molecule has 1 heterocycles. The lowest BCUT2D eigenvalue weighted by molar-refractivity contribution is 0.268. The summed E-state index contributed by atoms with van der Waals surface area (Å²) < 4.78 is 27.7. The number of hydrogen-bond donors (Lipinski definition) is 1. The van der Waals surface area contributed by atoms with Gasteiger partial charge in [0, 0.05) is 17.6 Å². The van der Waals surface area contributed by atoms with Crippen molar-refractivity contribution in [2.75, 3.05) is 26.2 Å². The smallest absolute Gasteiger partial charge is 0.244 e. The molecule has 1 aliphatic heterocycles. The normalized spacial score (nSPS) is 17.2. The van der Waals surface area contributed by atoms with Gasteiger partial charge in [0.15, 0.2) is 0 Å². The molecule has 7 heteroatoms. The predicted octanol–water partition coefficient (Wildman–Crippen LogP) is 3.19. The van der Waals surface area contributed by atoms with Crippen LogP contribution in [0, 0.1) is 12.8 Å². The van der Waals surface area contributed by atoms with Gasteiger partial charge in [0.25, 0.3) is 0 Å². The van der Waals surface area contributed by atoms with E-state index in [0.717, 1.165) is 31.5 Å². The number of rotatable bonds is 5. The van der Waals surface area contributed by atoms with E-state index in [1.165, 1.54) is 0 Å². The molecule has 1 aliphatic rings. The molecule has 0 bridgehead atoms. The molecule has 0 atom stereocenters. The fraction of sp³-hybridized carbons (Fsp3) is 0.600. The summed E-state index contributed by atoms with van der Waals surface area (Å²) >= 11 is 3.38. The lowest BCUT2D eigenvalue weighted by Crippen LogP contribution is -2.40. The molecule has 126 valence electrons.